The zero-order valence-corrected chi connectivity index (χ0v) is 16.8. The standard InChI is InChI=1S/C23H28N2O4/c1-2-3-14-28-20-11-9-19(10-12-20)23(27)24-16-22(26)25-13-15-29-21(17-25)18-7-5-4-6-8-18/h4-12,21H,2-3,13-17H2,1H3,(H,24,27). The van der Waals surface area contributed by atoms with E-state index in [9.17, 15) is 9.59 Å². The lowest BCUT2D eigenvalue weighted by atomic mass is 10.1. The van der Waals surface area contributed by atoms with Gasteiger partial charge in [-0.05, 0) is 36.2 Å². The van der Waals surface area contributed by atoms with E-state index in [0.29, 0.717) is 31.9 Å². The van der Waals surface area contributed by atoms with Gasteiger partial charge in [0.2, 0.25) is 5.91 Å². The molecule has 2 amide bonds. The van der Waals surface area contributed by atoms with E-state index in [1.807, 2.05) is 30.3 Å². The molecule has 3 rings (SSSR count). The molecule has 6 nitrogen and oxygen atoms in total. The highest BCUT2D eigenvalue weighted by molar-refractivity contribution is 5.96. The van der Waals surface area contributed by atoms with Crippen LogP contribution in [0.15, 0.2) is 54.6 Å². The number of benzene rings is 2. The number of nitrogens with one attached hydrogen (secondary N) is 1. The van der Waals surface area contributed by atoms with E-state index in [1.54, 1.807) is 29.2 Å². The van der Waals surface area contributed by atoms with Gasteiger partial charge in [-0.2, -0.15) is 0 Å². The molecule has 2 aromatic rings. The van der Waals surface area contributed by atoms with Gasteiger partial charge in [0.25, 0.3) is 5.91 Å². The summed E-state index contributed by atoms with van der Waals surface area (Å²) in [7, 11) is 0. The third kappa shape index (κ3) is 6.06. The smallest absolute Gasteiger partial charge is 0.251 e. The van der Waals surface area contributed by atoms with Gasteiger partial charge in [0.05, 0.1) is 26.3 Å². The van der Waals surface area contributed by atoms with Crippen molar-refractivity contribution in [2.24, 2.45) is 0 Å². The summed E-state index contributed by atoms with van der Waals surface area (Å²) in [5.41, 5.74) is 1.56. The molecule has 1 unspecified atom stereocenters. The molecular formula is C23H28N2O4. The quantitative estimate of drug-likeness (QED) is 0.696. The first-order valence-corrected chi connectivity index (χ1v) is 10.1. The number of unbranched alkanes of at least 4 members (excludes halogenated alkanes) is 1. The van der Waals surface area contributed by atoms with Gasteiger partial charge in [-0.15, -0.1) is 0 Å². The molecule has 0 saturated carbocycles. The molecule has 0 spiro atoms. The van der Waals surface area contributed by atoms with Crippen molar-refractivity contribution in [2.75, 3.05) is 32.8 Å². The summed E-state index contributed by atoms with van der Waals surface area (Å²) in [5, 5.41) is 2.71. The molecule has 0 radical (unpaired) electrons. The zero-order valence-electron chi connectivity index (χ0n) is 16.8. The number of morpholine rings is 1. The van der Waals surface area contributed by atoms with Crippen LogP contribution in [0.5, 0.6) is 5.75 Å². The Kier molecular flexibility index (Phi) is 7.64. The Hall–Kier alpha value is -2.86. The number of ether oxygens (including phenoxy) is 2. The third-order valence-electron chi connectivity index (χ3n) is 4.87. The predicted molar refractivity (Wildman–Crippen MR) is 111 cm³/mol. The molecule has 1 saturated heterocycles. The average molecular weight is 396 g/mol. The number of carbonyl (C=O) groups excluding carboxylic acids is 2. The van der Waals surface area contributed by atoms with Gasteiger partial charge in [-0.3, -0.25) is 9.59 Å². The minimum atomic E-state index is -0.272. The number of hydrogen-bond donors (Lipinski definition) is 1. The molecule has 1 aliphatic heterocycles. The highest BCUT2D eigenvalue weighted by Crippen LogP contribution is 2.21. The van der Waals surface area contributed by atoms with Crippen LogP contribution in [-0.4, -0.2) is 49.6 Å². The summed E-state index contributed by atoms with van der Waals surface area (Å²) in [6, 6.07) is 16.8. The first kappa shape index (κ1) is 20.9. The fourth-order valence-corrected chi connectivity index (χ4v) is 3.15. The van der Waals surface area contributed by atoms with Crippen molar-refractivity contribution in [3.8, 4) is 5.75 Å². The van der Waals surface area contributed by atoms with Crippen LogP contribution in [0.4, 0.5) is 0 Å². The van der Waals surface area contributed by atoms with Crippen molar-refractivity contribution < 1.29 is 19.1 Å². The van der Waals surface area contributed by atoms with Crippen LogP contribution in [0.3, 0.4) is 0 Å². The molecule has 1 atom stereocenters. The Morgan fingerprint density at radius 2 is 1.90 bits per heavy atom. The number of rotatable bonds is 8. The summed E-state index contributed by atoms with van der Waals surface area (Å²) >= 11 is 0. The summed E-state index contributed by atoms with van der Waals surface area (Å²) in [6.07, 6.45) is 1.94. The van der Waals surface area contributed by atoms with E-state index in [1.165, 1.54) is 0 Å². The highest BCUT2D eigenvalue weighted by Gasteiger charge is 2.25. The maximum atomic E-state index is 12.5. The van der Waals surface area contributed by atoms with Crippen molar-refractivity contribution in [3.63, 3.8) is 0 Å². The average Bonchev–Trinajstić information content (AvgIpc) is 2.78. The second-order valence-corrected chi connectivity index (χ2v) is 7.02. The van der Waals surface area contributed by atoms with Gasteiger partial charge < -0.3 is 19.7 Å². The van der Waals surface area contributed by atoms with Crippen LogP contribution in [0.2, 0.25) is 0 Å². The maximum Gasteiger partial charge on any atom is 0.251 e. The second kappa shape index (κ2) is 10.6. The summed E-state index contributed by atoms with van der Waals surface area (Å²) in [6.45, 7) is 4.25. The Labute approximate surface area is 171 Å². The normalized spacial score (nSPS) is 16.3. The van der Waals surface area contributed by atoms with Crippen LogP contribution in [0.1, 0.15) is 41.8 Å². The fraction of sp³-hybridized carbons (Fsp3) is 0.391. The molecule has 154 valence electrons. The van der Waals surface area contributed by atoms with Crippen molar-refractivity contribution in [3.05, 3.63) is 65.7 Å². The largest absolute Gasteiger partial charge is 0.494 e. The fourth-order valence-electron chi connectivity index (χ4n) is 3.15. The van der Waals surface area contributed by atoms with Crippen LogP contribution in [0, 0.1) is 0 Å². The predicted octanol–water partition coefficient (Wildman–Crippen LogP) is 3.20. The second-order valence-electron chi connectivity index (χ2n) is 7.02. The molecule has 1 fully saturated rings. The molecule has 1 heterocycles. The van der Waals surface area contributed by atoms with Gasteiger partial charge in [0.15, 0.2) is 0 Å². The topological polar surface area (TPSA) is 67.9 Å². The number of hydrogen-bond acceptors (Lipinski definition) is 4. The van der Waals surface area contributed by atoms with Gasteiger partial charge >= 0.3 is 0 Å². The summed E-state index contributed by atoms with van der Waals surface area (Å²) in [5.74, 6) is 0.361. The number of amides is 2. The number of nitrogens with zero attached hydrogens (tertiary/aromatic N) is 1. The van der Waals surface area contributed by atoms with Crippen LogP contribution in [0.25, 0.3) is 0 Å². The van der Waals surface area contributed by atoms with E-state index in [0.717, 1.165) is 24.2 Å². The van der Waals surface area contributed by atoms with E-state index >= 15 is 0 Å². The van der Waals surface area contributed by atoms with Crippen LogP contribution >= 0.6 is 0 Å². The highest BCUT2D eigenvalue weighted by atomic mass is 16.5. The van der Waals surface area contributed by atoms with Gasteiger partial charge in [-0.25, -0.2) is 0 Å². The minimum Gasteiger partial charge on any atom is -0.494 e. The van der Waals surface area contributed by atoms with Gasteiger partial charge in [-0.1, -0.05) is 43.7 Å². The van der Waals surface area contributed by atoms with Crippen molar-refractivity contribution in [1.82, 2.24) is 10.2 Å². The Morgan fingerprint density at radius 1 is 1.14 bits per heavy atom. The van der Waals surface area contributed by atoms with Crippen LogP contribution in [-0.2, 0) is 9.53 Å². The Morgan fingerprint density at radius 3 is 2.62 bits per heavy atom. The van der Waals surface area contributed by atoms with E-state index in [-0.39, 0.29) is 24.5 Å². The molecule has 0 aromatic heterocycles. The molecule has 1 aliphatic rings. The minimum absolute atomic E-state index is 0.0326. The molecule has 1 N–H and O–H groups in total. The molecule has 6 heteroatoms. The SMILES string of the molecule is CCCCOc1ccc(C(=O)NCC(=O)N2CCOC(c3ccccc3)C2)cc1. The first-order valence-electron chi connectivity index (χ1n) is 10.1. The lowest BCUT2D eigenvalue weighted by Gasteiger charge is -2.33. The maximum absolute atomic E-state index is 12.5. The zero-order chi connectivity index (χ0) is 20.5. The lowest BCUT2D eigenvalue weighted by Crippen LogP contribution is -2.46. The van der Waals surface area contributed by atoms with E-state index in [2.05, 4.69) is 12.2 Å². The monoisotopic (exact) mass is 396 g/mol. The van der Waals surface area contributed by atoms with E-state index in [4.69, 9.17) is 9.47 Å². The third-order valence-corrected chi connectivity index (χ3v) is 4.87. The summed E-state index contributed by atoms with van der Waals surface area (Å²) < 4.78 is 11.4. The molecule has 29 heavy (non-hydrogen) atoms. The molecule has 2 aromatic carbocycles. The lowest BCUT2D eigenvalue weighted by molar-refractivity contribution is -0.137. The van der Waals surface area contributed by atoms with Gasteiger partial charge in [0.1, 0.15) is 11.9 Å². The number of carbonyl (C=O) groups is 2. The van der Waals surface area contributed by atoms with Crippen LogP contribution < -0.4 is 10.1 Å². The van der Waals surface area contributed by atoms with Gasteiger partial charge in [0, 0.05) is 12.1 Å². The Balaban J connectivity index is 1.47. The van der Waals surface area contributed by atoms with Crippen molar-refractivity contribution in [2.45, 2.75) is 25.9 Å². The summed E-state index contributed by atoms with van der Waals surface area (Å²) in [4.78, 5) is 26.6. The van der Waals surface area contributed by atoms with Crippen molar-refractivity contribution >= 4 is 11.8 Å². The van der Waals surface area contributed by atoms with E-state index < -0.39 is 0 Å². The molecule has 0 aliphatic carbocycles. The molecule has 0 bridgehead atoms. The van der Waals surface area contributed by atoms with Crippen molar-refractivity contribution in [1.29, 1.82) is 0 Å². The first-order chi connectivity index (χ1) is 14.2. The molecular weight excluding hydrogens is 368 g/mol. The Bertz CT molecular complexity index is 792.